The van der Waals surface area contributed by atoms with Crippen LogP contribution in [0.3, 0.4) is 0 Å². The van der Waals surface area contributed by atoms with Gasteiger partial charge in [0.05, 0.1) is 17.7 Å². The predicted molar refractivity (Wildman–Crippen MR) is 111 cm³/mol. The quantitative estimate of drug-likeness (QED) is 0.651. The van der Waals surface area contributed by atoms with E-state index in [1.165, 1.54) is 0 Å². The van der Waals surface area contributed by atoms with Crippen molar-refractivity contribution in [2.24, 2.45) is 11.7 Å². The minimum atomic E-state index is -0.581. The number of carbonyl (C=O) groups is 2. The summed E-state index contributed by atoms with van der Waals surface area (Å²) in [5, 5.41) is 19.8. The third-order valence-electron chi connectivity index (χ3n) is 5.91. The van der Waals surface area contributed by atoms with Gasteiger partial charge in [0.25, 0.3) is 5.91 Å². The molecule has 2 saturated carbocycles. The van der Waals surface area contributed by atoms with E-state index in [1.54, 1.807) is 16.9 Å². The summed E-state index contributed by atoms with van der Waals surface area (Å²) in [7, 11) is 0. The van der Waals surface area contributed by atoms with E-state index >= 15 is 0 Å². The SMILES string of the molecule is N#Cc1cccc(CNC2CCC(n3cc(C(N)=O)c(NC(=O)C4CC4)n3)CC2)c1. The molecule has 2 amide bonds. The van der Waals surface area contributed by atoms with Crippen LogP contribution in [0.1, 0.15) is 66.1 Å². The Kier molecular flexibility index (Phi) is 5.81. The first-order valence-corrected chi connectivity index (χ1v) is 10.5. The van der Waals surface area contributed by atoms with Crippen molar-refractivity contribution in [3.05, 3.63) is 47.2 Å². The molecule has 0 unspecified atom stereocenters. The second-order valence-electron chi connectivity index (χ2n) is 8.20. The normalized spacial score (nSPS) is 21.0. The van der Waals surface area contributed by atoms with Gasteiger partial charge in [0, 0.05) is 24.7 Å². The number of amides is 2. The van der Waals surface area contributed by atoms with Gasteiger partial charge in [0.15, 0.2) is 5.82 Å². The Morgan fingerprint density at radius 2 is 1.97 bits per heavy atom. The molecular weight excluding hydrogens is 380 g/mol. The number of nitrogens with one attached hydrogen (secondary N) is 2. The zero-order valence-electron chi connectivity index (χ0n) is 16.8. The number of nitrogens with zero attached hydrogens (tertiary/aromatic N) is 3. The third kappa shape index (κ3) is 4.69. The van der Waals surface area contributed by atoms with E-state index in [2.05, 4.69) is 21.8 Å². The van der Waals surface area contributed by atoms with E-state index in [0.717, 1.165) is 50.6 Å². The zero-order chi connectivity index (χ0) is 21.1. The number of rotatable bonds is 7. The number of nitriles is 1. The Hall–Kier alpha value is -3.18. The predicted octanol–water partition coefficient (Wildman–Crippen LogP) is 2.48. The fraction of sp³-hybridized carbons (Fsp3) is 0.455. The van der Waals surface area contributed by atoms with Gasteiger partial charge in [-0.05, 0) is 56.2 Å². The summed E-state index contributed by atoms with van der Waals surface area (Å²) >= 11 is 0. The molecule has 0 aliphatic heterocycles. The van der Waals surface area contributed by atoms with Crippen LogP contribution in [0.25, 0.3) is 0 Å². The van der Waals surface area contributed by atoms with Crippen LogP contribution in [0.5, 0.6) is 0 Å². The molecule has 2 aliphatic rings. The van der Waals surface area contributed by atoms with Crippen molar-refractivity contribution in [2.45, 2.75) is 57.2 Å². The lowest BCUT2D eigenvalue weighted by molar-refractivity contribution is -0.117. The van der Waals surface area contributed by atoms with Gasteiger partial charge in [-0.15, -0.1) is 0 Å². The molecule has 1 aromatic heterocycles. The van der Waals surface area contributed by atoms with E-state index in [0.29, 0.717) is 11.6 Å². The Balaban J connectivity index is 1.33. The first kappa shape index (κ1) is 20.1. The highest BCUT2D eigenvalue weighted by atomic mass is 16.2. The van der Waals surface area contributed by atoms with E-state index in [9.17, 15) is 9.59 Å². The molecule has 8 nitrogen and oxygen atoms in total. The maximum Gasteiger partial charge on any atom is 0.254 e. The molecule has 0 bridgehead atoms. The highest BCUT2D eigenvalue weighted by Crippen LogP contribution is 2.32. The lowest BCUT2D eigenvalue weighted by atomic mass is 9.91. The third-order valence-corrected chi connectivity index (χ3v) is 5.91. The van der Waals surface area contributed by atoms with E-state index in [4.69, 9.17) is 11.0 Å². The Bertz CT molecular complexity index is 980. The van der Waals surface area contributed by atoms with Crippen LogP contribution in [0.2, 0.25) is 0 Å². The summed E-state index contributed by atoms with van der Waals surface area (Å²) in [6.45, 7) is 0.732. The summed E-state index contributed by atoms with van der Waals surface area (Å²) in [6, 6.07) is 10.4. The fourth-order valence-corrected chi connectivity index (χ4v) is 3.97. The number of hydrogen-bond acceptors (Lipinski definition) is 5. The highest BCUT2D eigenvalue weighted by Gasteiger charge is 2.31. The molecule has 0 spiro atoms. The van der Waals surface area contributed by atoms with Crippen LogP contribution in [-0.2, 0) is 11.3 Å². The summed E-state index contributed by atoms with van der Waals surface area (Å²) in [5.74, 6) is -0.360. The number of nitrogens with two attached hydrogens (primary N) is 1. The Morgan fingerprint density at radius 1 is 1.20 bits per heavy atom. The second kappa shape index (κ2) is 8.67. The molecular formula is C22H26N6O2. The summed E-state index contributed by atoms with van der Waals surface area (Å²) in [4.78, 5) is 23.9. The van der Waals surface area contributed by atoms with Gasteiger partial charge in [-0.3, -0.25) is 14.3 Å². The van der Waals surface area contributed by atoms with Crippen molar-refractivity contribution in [2.75, 3.05) is 5.32 Å². The smallest absolute Gasteiger partial charge is 0.254 e. The average Bonchev–Trinajstić information content (AvgIpc) is 3.53. The first-order chi connectivity index (χ1) is 14.5. The standard InChI is InChI=1S/C22H26N6O2/c23-11-14-2-1-3-15(10-14)12-25-17-6-8-18(9-7-17)28-13-19(20(24)29)21(27-28)26-22(30)16-4-5-16/h1-3,10,13,16-18,25H,4-9,12H2,(H2,24,29)(H,26,27,30). The van der Waals surface area contributed by atoms with Gasteiger partial charge in [-0.2, -0.15) is 10.4 Å². The molecule has 4 N–H and O–H groups in total. The van der Waals surface area contributed by atoms with Crippen LogP contribution < -0.4 is 16.4 Å². The summed E-state index contributed by atoms with van der Waals surface area (Å²) in [5.41, 5.74) is 7.53. The zero-order valence-corrected chi connectivity index (χ0v) is 16.8. The summed E-state index contributed by atoms with van der Waals surface area (Å²) < 4.78 is 1.79. The Labute approximate surface area is 175 Å². The van der Waals surface area contributed by atoms with Gasteiger partial charge in [0.2, 0.25) is 5.91 Å². The van der Waals surface area contributed by atoms with Crippen molar-refractivity contribution in [3.8, 4) is 6.07 Å². The topological polar surface area (TPSA) is 126 Å². The van der Waals surface area contributed by atoms with Crippen molar-refractivity contribution < 1.29 is 9.59 Å². The molecule has 1 aromatic carbocycles. The van der Waals surface area contributed by atoms with Crippen molar-refractivity contribution >= 4 is 17.6 Å². The molecule has 1 heterocycles. The summed E-state index contributed by atoms with van der Waals surface area (Å²) in [6.07, 6.45) is 7.25. The maximum absolute atomic E-state index is 12.1. The van der Waals surface area contributed by atoms with Gasteiger partial charge < -0.3 is 16.4 Å². The van der Waals surface area contributed by atoms with Crippen LogP contribution in [0.15, 0.2) is 30.5 Å². The van der Waals surface area contributed by atoms with Gasteiger partial charge in [-0.1, -0.05) is 12.1 Å². The number of primary amides is 1. The van der Waals surface area contributed by atoms with Gasteiger partial charge >= 0.3 is 0 Å². The molecule has 8 heteroatoms. The Morgan fingerprint density at radius 3 is 2.63 bits per heavy atom. The van der Waals surface area contributed by atoms with Crippen molar-refractivity contribution in [3.63, 3.8) is 0 Å². The highest BCUT2D eigenvalue weighted by molar-refractivity contribution is 6.02. The van der Waals surface area contributed by atoms with Crippen LogP contribution in [0, 0.1) is 17.2 Å². The maximum atomic E-state index is 12.1. The van der Waals surface area contributed by atoms with Gasteiger partial charge in [-0.25, -0.2) is 0 Å². The molecule has 30 heavy (non-hydrogen) atoms. The van der Waals surface area contributed by atoms with Crippen LogP contribution in [0.4, 0.5) is 5.82 Å². The number of aromatic nitrogens is 2. The molecule has 4 rings (SSSR count). The van der Waals surface area contributed by atoms with Crippen LogP contribution >= 0.6 is 0 Å². The monoisotopic (exact) mass is 406 g/mol. The second-order valence-corrected chi connectivity index (χ2v) is 8.20. The minimum absolute atomic E-state index is 0.0336. The molecule has 2 aromatic rings. The molecule has 2 aliphatic carbocycles. The van der Waals surface area contributed by atoms with Crippen molar-refractivity contribution in [1.82, 2.24) is 15.1 Å². The number of hydrogen-bond donors (Lipinski definition) is 3. The minimum Gasteiger partial charge on any atom is -0.365 e. The lowest BCUT2D eigenvalue weighted by Crippen LogP contribution is -2.33. The molecule has 2 fully saturated rings. The van der Waals surface area contributed by atoms with Crippen molar-refractivity contribution in [1.29, 1.82) is 5.26 Å². The van der Waals surface area contributed by atoms with E-state index in [-0.39, 0.29) is 29.2 Å². The molecule has 0 saturated heterocycles. The molecule has 0 atom stereocenters. The largest absolute Gasteiger partial charge is 0.365 e. The van der Waals surface area contributed by atoms with E-state index in [1.807, 2.05) is 18.2 Å². The molecule has 156 valence electrons. The first-order valence-electron chi connectivity index (χ1n) is 10.5. The van der Waals surface area contributed by atoms with E-state index < -0.39 is 5.91 Å². The lowest BCUT2D eigenvalue weighted by Gasteiger charge is -2.29. The number of anilines is 1. The van der Waals surface area contributed by atoms with Gasteiger partial charge in [0.1, 0.15) is 5.56 Å². The molecule has 0 radical (unpaired) electrons. The average molecular weight is 406 g/mol. The number of benzene rings is 1. The number of carbonyl (C=O) groups excluding carboxylic acids is 2. The van der Waals surface area contributed by atoms with Crippen LogP contribution in [-0.4, -0.2) is 27.6 Å². The fourth-order valence-electron chi connectivity index (χ4n) is 3.97.